The maximum atomic E-state index is 5.99. The van der Waals surface area contributed by atoms with Gasteiger partial charge in [-0.3, -0.25) is 5.43 Å². The lowest BCUT2D eigenvalue weighted by Gasteiger charge is -2.07. The molecule has 0 aliphatic rings. The Morgan fingerprint density at radius 3 is 2.83 bits per heavy atom. The number of nitrogens with two attached hydrogens (primary N) is 1. The van der Waals surface area contributed by atoms with Gasteiger partial charge in [0.2, 0.25) is 0 Å². The second kappa shape index (κ2) is 6.45. The van der Waals surface area contributed by atoms with E-state index in [2.05, 4.69) is 20.5 Å². The Labute approximate surface area is 138 Å². The number of benzene rings is 1. The van der Waals surface area contributed by atoms with Crippen LogP contribution in [0.4, 0.5) is 11.5 Å². The molecule has 24 heavy (non-hydrogen) atoms. The van der Waals surface area contributed by atoms with Crippen LogP contribution in [0.3, 0.4) is 0 Å². The molecule has 2 aromatic heterocycles. The average Bonchev–Trinajstić information content (AvgIpc) is 2.97. The van der Waals surface area contributed by atoms with Crippen LogP contribution in [0, 0.1) is 0 Å². The monoisotopic (exact) mass is 326 g/mol. The zero-order valence-electron chi connectivity index (χ0n) is 13.6. The lowest BCUT2D eigenvalue weighted by atomic mass is 10.2. The van der Waals surface area contributed by atoms with Gasteiger partial charge in [0.25, 0.3) is 0 Å². The molecule has 8 nitrogen and oxygen atoms in total. The Kier molecular flexibility index (Phi) is 4.19. The van der Waals surface area contributed by atoms with Gasteiger partial charge in [0.15, 0.2) is 11.5 Å². The summed E-state index contributed by atoms with van der Waals surface area (Å²) < 4.78 is 12.3. The first-order valence-electron chi connectivity index (χ1n) is 7.21. The van der Waals surface area contributed by atoms with Crippen molar-refractivity contribution in [2.75, 3.05) is 25.4 Å². The molecule has 3 rings (SSSR count). The molecule has 0 aliphatic carbocycles. The number of nitrogens with one attached hydrogen (secondary N) is 1. The van der Waals surface area contributed by atoms with Gasteiger partial charge in [-0.2, -0.15) is 5.10 Å². The van der Waals surface area contributed by atoms with E-state index in [9.17, 15) is 0 Å². The van der Waals surface area contributed by atoms with Gasteiger partial charge in [0, 0.05) is 24.7 Å². The first-order valence-corrected chi connectivity index (χ1v) is 7.21. The summed E-state index contributed by atoms with van der Waals surface area (Å²) >= 11 is 0. The van der Waals surface area contributed by atoms with E-state index >= 15 is 0 Å². The first-order chi connectivity index (χ1) is 11.6. The Hall–Kier alpha value is -3.29. The van der Waals surface area contributed by atoms with Crippen molar-refractivity contribution < 1.29 is 9.47 Å². The van der Waals surface area contributed by atoms with Crippen LogP contribution in [0.2, 0.25) is 0 Å². The van der Waals surface area contributed by atoms with E-state index < -0.39 is 0 Å². The SMILES string of the molecule is COc1ccc(/C=N/Nc2cc(N)c3ncn(C)c3n2)c(OC)c1. The van der Waals surface area contributed by atoms with Crippen molar-refractivity contribution in [3.05, 3.63) is 36.2 Å². The van der Waals surface area contributed by atoms with Crippen LogP contribution in [0.15, 0.2) is 35.7 Å². The van der Waals surface area contributed by atoms with E-state index in [1.165, 1.54) is 0 Å². The first kappa shape index (κ1) is 15.6. The molecular formula is C16H18N6O2. The summed E-state index contributed by atoms with van der Waals surface area (Å²) in [6, 6.07) is 7.17. The van der Waals surface area contributed by atoms with Crippen LogP contribution in [0.25, 0.3) is 11.2 Å². The number of hydrazone groups is 1. The van der Waals surface area contributed by atoms with Gasteiger partial charge in [-0.15, -0.1) is 0 Å². The molecular weight excluding hydrogens is 308 g/mol. The van der Waals surface area contributed by atoms with Gasteiger partial charge in [-0.25, -0.2) is 9.97 Å². The van der Waals surface area contributed by atoms with E-state index in [4.69, 9.17) is 15.2 Å². The third-order valence-corrected chi connectivity index (χ3v) is 3.52. The van der Waals surface area contributed by atoms with Crippen LogP contribution >= 0.6 is 0 Å². The Morgan fingerprint density at radius 1 is 1.25 bits per heavy atom. The summed E-state index contributed by atoms with van der Waals surface area (Å²) in [5.74, 6) is 1.91. The predicted molar refractivity (Wildman–Crippen MR) is 93.7 cm³/mol. The number of hydrogen-bond donors (Lipinski definition) is 2. The van der Waals surface area contributed by atoms with Gasteiger partial charge in [-0.1, -0.05) is 0 Å². The molecule has 0 unspecified atom stereocenters. The fraction of sp³-hybridized carbons (Fsp3) is 0.188. The molecule has 0 spiro atoms. The molecule has 0 saturated heterocycles. The van der Waals surface area contributed by atoms with Crippen LogP contribution < -0.4 is 20.6 Å². The van der Waals surface area contributed by atoms with E-state index in [-0.39, 0.29) is 0 Å². The number of hydrogen-bond acceptors (Lipinski definition) is 7. The summed E-state index contributed by atoms with van der Waals surface area (Å²) in [5, 5.41) is 4.19. The van der Waals surface area contributed by atoms with Crippen LogP contribution in [-0.2, 0) is 7.05 Å². The van der Waals surface area contributed by atoms with Crippen molar-refractivity contribution in [2.45, 2.75) is 0 Å². The van der Waals surface area contributed by atoms with Crippen molar-refractivity contribution in [1.82, 2.24) is 14.5 Å². The number of methoxy groups -OCH3 is 2. The third-order valence-electron chi connectivity index (χ3n) is 3.52. The molecule has 0 fully saturated rings. The number of aromatic nitrogens is 3. The maximum Gasteiger partial charge on any atom is 0.164 e. The standard InChI is InChI=1S/C16H18N6O2/c1-22-9-18-15-12(17)7-14(20-16(15)22)21-19-8-10-4-5-11(23-2)6-13(10)24-3/h4-9H,1-3H3,(H3,17,20,21)/b19-8+. The number of aryl methyl sites for hydroxylation is 1. The number of ether oxygens (including phenoxy) is 2. The smallest absolute Gasteiger partial charge is 0.164 e. The molecule has 0 amide bonds. The number of pyridine rings is 1. The number of imidazole rings is 1. The van der Waals surface area contributed by atoms with Crippen molar-refractivity contribution in [1.29, 1.82) is 0 Å². The van der Waals surface area contributed by atoms with Gasteiger partial charge < -0.3 is 19.8 Å². The molecule has 0 atom stereocenters. The fourth-order valence-corrected chi connectivity index (χ4v) is 2.27. The average molecular weight is 326 g/mol. The molecule has 2 heterocycles. The van der Waals surface area contributed by atoms with E-state index in [0.717, 1.165) is 5.56 Å². The quantitative estimate of drug-likeness (QED) is 0.549. The summed E-state index contributed by atoms with van der Waals surface area (Å²) in [4.78, 5) is 8.65. The largest absolute Gasteiger partial charge is 0.497 e. The van der Waals surface area contributed by atoms with E-state index in [1.54, 1.807) is 43.5 Å². The highest BCUT2D eigenvalue weighted by atomic mass is 16.5. The van der Waals surface area contributed by atoms with Gasteiger partial charge >= 0.3 is 0 Å². The minimum atomic E-state index is 0.535. The van der Waals surface area contributed by atoms with Crippen LogP contribution in [0.1, 0.15) is 5.56 Å². The number of rotatable bonds is 5. The molecule has 0 aliphatic heterocycles. The molecule has 124 valence electrons. The molecule has 0 saturated carbocycles. The second-order valence-electron chi connectivity index (χ2n) is 5.10. The Bertz CT molecular complexity index is 903. The lowest BCUT2D eigenvalue weighted by molar-refractivity contribution is 0.394. The van der Waals surface area contributed by atoms with Crippen LogP contribution in [-0.4, -0.2) is 35.0 Å². The molecule has 0 bridgehead atoms. The minimum Gasteiger partial charge on any atom is -0.497 e. The third kappa shape index (κ3) is 2.94. The van der Waals surface area contributed by atoms with Crippen molar-refractivity contribution in [3.8, 4) is 11.5 Å². The summed E-state index contributed by atoms with van der Waals surface area (Å²) in [6.07, 6.45) is 3.31. The number of nitrogens with zero attached hydrogens (tertiary/aromatic N) is 4. The maximum absolute atomic E-state index is 5.99. The highest BCUT2D eigenvalue weighted by Gasteiger charge is 2.07. The lowest BCUT2D eigenvalue weighted by Crippen LogP contribution is -1.99. The highest BCUT2D eigenvalue weighted by Crippen LogP contribution is 2.23. The zero-order chi connectivity index (χ0) is 17.1. The Balaban J connectivity index is 1.83. The van der Waals surface area contributed by atoms with Crippen LogP contribution in [0.5, 0.6) is 11.5 Å². The highest BCUT2D eigenvalue weighted by molar-refractivity contribution is 5.87. The zero-order valence-corrected chi connectivity index (χ0v) is 13.6. The summed E-state index contributed by atoms with van der Waals surface area (Å²) in [7, 11) is 5.06. The van der Waals surface area contributed by atoms with Gasteiger partial charge in [0.1, 0.15) is 17.0 Å². The van der Waals surface area contributed by atoms with E-state index in [1.807, 2.05) is 19.2 Å². The van der Waals surface area contributed by atoms with Gasteiger partial charge in [0.05, 0.1) is 32.4 Å². The topological polar surface area (TPSA) is 99.6 Å². The normalized spacial score (nSPS) is 11.1. The Morgan fingerprint density at radius 2 is 2.08 bits per heavy atom. The predicted octanol–water partition coefficient (Wildman–Crippen LogP) is 2.01. The summed E-state index contributed by atoms with van der Waals surface area (Å²) in [6.45, 7) is 0. The van der Waals surface area contributed by atoms with Gasteiger partial charge in [-0.05, 0) is 12.1 Å². The van der Waals surface area contributed by atoms with E-state index in [0.29, 0.717) is 34.2 Å². The number of fused-ring (bicyclic) bond motifs is 1. The second-order valence-corrected chi connectivity index (χ2v) is 5.10. The summed E-state index contributed by atoms with van der Waals surface area (Å²) in [5.41, 5.74) is 11.6. The molecule has 0 radical (unpaired) electrons. The fourth-order valence-electron chi connectivity index (χ4n) is 2.27. The number of anilines is 2. The minimum absolute atomic E-state index is 0.535. The van der Waals surface area contributed by atoms with Crippen molar-refractivity contribution in [2.24, 2.45) is 12.1 Å². The number of nitrogen functional groups attached to an aromatic ring is 1. The van der Waals surface area contributed by atoms with Crippen molar-refractivity contribution >= 4 is 28.9 Å². The molecule has 3 N–H and O–H groups in total. The van der Waals surface area contributed by atoms with Crippen molar-refractivity contribution in [3.63, 3.8) is 0 Å². The molecule has 1 aromatic carbocycles. The molecule has 8 heteroatoms. The molecule has 3 aromatic rings.